The van der Waals surface area contributed by atoms with Crippen molar-refractivity contribution in [2.24, 2.45) is 5.41 Å². The third-order valence-electron chi connectivity index (χ3n) is 5.08. The predicted molar refractivity (Wildman–Crippen MR) is 88.5 cm³/mol. The summed E-state index contributed by atoms with van der Waals surface area (Å²) in [7, 11) is -1.58. The molecule has 0 saturated carbocycles. The minimum absolute atomic E-state index is 0.357. The highest BCUT2D eigenvalue weighted by molar-refractivity contribution is 7.86. The molecule has 0 radical (unpaired) electrons. The first-order valence-corrected chi connectivity index (χ1v) is 9.73. The van der Waals surface area contributed by atoms with E-state index >= 15 is 0 Å². The average Bonchev–Trinajstić information content (AvgIpc) is 2.51. The van der Waals surface area contributed by atoms with Crippen molar-refractivity contribution in [3.8, 4) is 0 Å². The highest BCUT2D eigenvalue weighted by Crippen LogP contribution is 2.38. The number of nitrogens with one attached hydrogen (secondary N) is 1. The summed E-state index contributed by atoms with van der Waals surface area (Å²) in [5.74, 6) is 0. The van der Waals surface area contributed by atoms with Crippen molar-refractivity contribution in [1.82, 2.24) is 13.9 Å². The molecule has 0 aromatic heterocycles. The van der Waals surface area contributed by atoms with Crippen molar-refractivity contribution in [3.63, 3.8) is 0 Å². The molecular weight excluding hydrogens is 286 g/mol. The zero-order chi connectivity index (χ0) is 15.9. The van der Waals surface area contributed by atoms with E-state index in [-0.39, 0.29) is 0 Å². The van der Waals surface area contributed by atoms with Crippen molar-refractivity contribution in [2.45, 2.75) is 52.9 Å². The van der Waals surface area contributed by atoms with Crippen LogP contribution in [0, 0.1) is 5.41 Å². The Balaban J connectivity index is 2.52. The van der Waals surface area contributed by atoms with E-state index < -0.39 is 10.2 Å². The Labute approximate surface area is 131 Å². The number of piperidine rings is 1. The van der Waals surface area contributed by atoms with Crippen LogP contribution < -0.4 is 5.32 Å². The molecule has 126 valence electrons. The topological polar surface area (TPSA) is 52.7 Å². The van der Waals surface area contributed by atoms with Crippen LogP contribution >= 0.6 is 0 Å². The largest absolute Gasteiger partial charge is 0.317 e. The summed E-state index contributed by atoms with van der Waals surface area (Å²) < 4.78 is 28.3. The monoisotopic (exact) mass is 319 g/mol. The molecule has 1 aliphatic rings. The Morgan fingerprint density at radius 2 is 1.71 bits per heavy atom. The van der Waals surface area contributed by atoms with Crippen LogP contribution in [0.4, 0.5) is 0 Å². The lowest BCUT2D eigenvalue weighted by molar-refractivity contribution is 0.137. The van der Waals surface area contributed by atoms with Crippen LogP contribution in [0.5, 0.6) is 0 Å². The van der Waals surface area contributed by atoms with Gasteiger partial charge in [0.15, 0.2) is 0 Å². The summed E-state index contributed by atoms with van der Waals surface area (Å²) in [5, 5.41) is 3.23. The van der Waals surface area contributed by atoms with E-state index in [2.05, 4.69) is 26.1 Å². The Hall–Kier alpha value is -0.170. The van der Waals surface area contributed by atoms with Gasteiger partial charge in [-0.25, -0.2) is 0 Å². The number of hydrogen-bond donors (Lipinski definition) is 1. The van der Waals surface area contributed by atoms with Crippen molar-refractivity contribution < 1.29 is 8.42 Å². The highest BCUT2D eigenvalue weighted by Gasteiger charge is 2.36. The second-order valence-corrected chi connectivity index (χ2v) is 8.18. The summed E-state index contributed by atoms with van der Waals surface area (Å²) in [4.78, 5) is 0. The first kappa shape index (κ1) is 18.9. The second-order valence-electron chi connectivity index (χ2n) is 6.14. The normalized spacial score (nSPS) is 20.0. The van der Waals surface area contributed by atoms with Crippen LogP contribution in [0.2, 0.25) is 0 Å². The fourth-order valence-electron chi connectivity index (χ4n) is 3.06. The fourth-order valence-corrected chi connectivity index (χ4v) is 4.46. The standard InChI is InChI=1S/C15H33N3O2S/c1-5-15(6-2)9-13-18(14-10-15)21(19,20)17(4)12-8-11-16-7-3/h16H,5-14H2,1-4H3. The molecule has 0 atom stereocenters. The summed E-state index contributed by atoms with van der Waals surface area (Å²) in [6.07, 6.45) is 5.13. The molecule has 0 aromatic rings. The minimum atomic E-state index is -3.28. The molecule has 1 saturated heterocycles. The number of hydrogen-bond acceptors (Lipinski definition) is 3. The Morgan fingerprint density at radius 1 is 1.14 bits per heavy atom. The van der Waals surface area contributed by atoms with Gasteiger partial charge in [-0.2, -0.15) is 17.0 Å². The summed E-state index contributed by atoms with van der Waals surface area (Å²) >= 11 is 0. The van der Waals surface area contributed by atoms with Crippen molar-refractivity contribution in [1.29, 1.82) is 0 Å². The quantitative estimate of drug-likeness (QED) is 0.662. The molecule has 0 aromatic carbocycles. The van der Waals surface area contributed by atoms with Gasteiger partial charge in [0.1, 0.15) is 0 Å². The van der Waals surface area contributed by atoms with Crippen LogP contribution in [0.15, 0.2) is 0 Å². The second kappa shape index (κ2) is 8.46. The van der Waals surface area contributed by atoms with Gasteiger partial charge in [0.05, 0.1) is 0 Å². The minimum Gasteiger partial charge on any atom is -0.317 e. The number of rotatable bonds is 9. The van der Waals surface area contributed by atoms with E-state index in [4.69, 9.17) is 0 Å². The third-order valence-corrected chi connectivity index (χ3v) is 7.07. The van der Waals surface area contributed by atoms with Gasteiger partial charge in [-0.1, -0.05) is 33.6 Å². The Bertz CT molecular complexity index is 384. The van der Waals surface area contributed by atoms with E-state index in [0.717, 1.165) is 45.2 Å². The molecule has 1 heterocycles. The predicted octanol–water partition coefficient (Wildman–Crippen LogP) is 2.06. The first-order chi connectivity index (χ1) is 9.91. The van der Waals surface area contributed by atoms with Gasteiger partial charge in [-0.3, -0.25) is 0 Å². The van der Waals surface area contributed by atoms with E-state index in [0.29, 0.717) is 25.0 Å². The summed E-state index contributed by atoms with van der Waals surface area (Å²) in [6.45, 7) is 10.2. The molecule has 1 aliphatic heterocycles. The van der Waals surface area contributed by atoms with Gasteiger partial charge in [0.2, 0.25) is 0 Å². The van der Waals surface area contributed by atoms with E-state index in [9.17, 15) is 8.42 Å². The van der Waals surface area contributed by atoms with Gasteiger partial charge >= 0.3 is 0 Å². The molecule has 0 unspecified atom stereocenters. The zero-order valence-corrected chi connectivity index (χ0v) is 15.0. The first-order valence-electron chi connectivity index (χ1n) is 8.34. The SMILES string of the molecule is CCNCCCN(C)S(=O)(=O)N1CCC(CC)(CC)CC1. The van der Waals surface area contributed by atoms with Gasteiger partial charge in [-0.05, 0) is 37.8 Å². The van der Waals surface area contributed by atoms with Gasteiger partial charge < -0.3 is 5.32 Å². The van der Waals surface area contributed by atoms with Crippen molar-refractivity contribution in [3.05, 3.63) is 0 Å². The van der Waals surface area contributed by atoms with Gasteiger partial charge in [0, 0.05) is 26.7 Å². The van der Waals surface area contributed by atoms with Crippen molar-refractivity contribution >= 4 is 10.2 Å². The lowest BCUT2D eigenvalue weighted by atomic mass is 9.75. The van der Waals surface area contributed by atoms with Gasteiger partial charge in [-0.15, -0.1) is 0 Å². The number of nitrogens with zero attached hydrogens (tertiary/aromatic N) is 2. The molecule has 0 spiro atoms. The third kappa shape index (κ3) is 4.91. The summed E-state index contributed by atoms with van der Waals surface area (Å²) in [6, 6.07) is 0. The van der Waals surface area contributed by atoms with Gasteiger partial charge in [0.25, 0.3) is 10.2 Å². The van der Waals surface area contributed by atoms with Crippen LogP contribution in [0.3, 0.4) is 0 Å². The maximum absolute atomic E-state index is 12.6. The molecule has 0 bridgehead atoms. The van der Waals surface area contributed by atoms with Crippen LogP contribution in [-0.4, -0.2) is 56.8 Å². The molecule has 1 rings (SSSR count). The fraction of sp³-hybridized carbons (Fsp3) is 1.00. The van der Waals surface area contributed by atoms with Crippen LogP contribution in [0.1, 0.15) is 52.9 Å². The molecule has 6 heteroatoms. The molecule has 0 amide bonds. The Kier molecular flexibility index (Phi) is 7.60. The maximum Gasteiger partial charge on any atom is 0.281 e. The molecular formula is C15H33N3O2S. The lowest BCUT2D eigenvalue weighted by Crippen LogP contribution is -2.48. The highest BCUT2D eigenvalue weighted by atomic mass is 32.2. The van der Waals surface area contributed by atoms with Crippen LogP contribution in [0.25, 0.3) is 0 Å². The lowest BCUT2D eigenvalue weighted by Gasteiger charge is -2.41. The summed E-state index contributed by atoms with van der Waals surface area (Å²) in [5.41, 5.74) is 0.357. The average molecular weight is 320 g/mol. The molecule has 0 aliphatic carbocycles. The smallest absolute Gasteiger partial charge is 0.281 e. The molecule has 1 fully saturated rings. The van der Waals surface area contributed by atoms with Crippen molar-refractivity contribution in [2.75, 3.05) is 39.8 Å². The Morgan fingerprint density at radius 3 is 2.19 bits per heavy atom. The zero-order valence-electron chi connectivity index (χ0n) is 14.2. The molecule has 21 heavy (non-hydrogen) atoms. The molecule has 5 nitrogen and oxygen atoms in total. The van der Waals surface area contributed by atoms with E-state index in [1.165, 1.54) is 4.31 Å². The van der Waals surface area contributed by atoms with E-state index in [1.807, 2.05) is 0 Å². The van der Waals surface area contributed by atoms with Crippen LogP contribution in [-0.2, 0) is 10.2 Å². The molecule has 1 N–H and O–H groups in total. The maximum atomic E-state index is 12.6. The van der Waals surface area contributed by atoms with E-state index in [1.54, 1.807) is 11.4 Å².